The van der Waals surface area contributed by atoms with Crippen LogP contribution < -0.4 is 5.32 Å². The average molecular weight is 278 g/mol. The minimum atomic E-state index is -0.514. The maximum atomic E-state index is 11.3. The molecule has 0 fully saturated rings. The molecule has 5 heteroatoms. The van der Waals surface area contributed by atoms with Crippen molar-refractivity contribution in [3.05, 3.63) is 16.0 Å². The largest absolute Gasteiger partial charge is 0.453 e. The number of thiophene rings is 1. The third kappa shape index (κ3) is 2.90. The van der Waals surface area contributed by atoms with Crippen molar-refractivity contribution in [2.75, 3.05) is 12.4 Å². The third-order valence-corrected chi connectivity index (χ3v) is 4.75. The van der Waals surface area contributed by atoms with Gasteiger partial charge in [-0.05, 0) is 30.7 Å². The Hall–Kier alpha value is -1.54. The van der Waals surface area contributed by atoms with Gasteiger partial charge in [0.15, 0.2) is 0 Å². The molecule has 0 aliphatic heterocycles. The predicted molar refractivity (Wildman–Crippen MR) is 75.5 cm³/mol. The van der Waals surface area contributed by atoms with Crippen LogP contribution in [0.1, 0.15) is 42.2 Å². The van der Waals surface area contributed by atoms with Crippen molar-refractivity contribution in [1.29, 1.82) is 5.26 Å². The Morgan fingerprint density at radius 2 is 2.42 bits per heavy atom. The number of fused-ring (bicyclic) bond motifs is 1. The van der Waals surface area contributed by atoms with E-state index >= 15 is 0 Å². The van der Waals surface area contributed by atoms with E-state index in [9.17, 15) is 10.1 Å². The highest BCUT2D eigenvalue weighted by Crippen LogP contribution is 2.40. The van der Waals surface area contributed by atoms with Crippen molar-refractivity contribution in [2.24, 2.45) is 5.92 Å². The van der Waals surface area contributed by atoms with Crippen molar-refractivity contribution in [2.45, 2.75) is 39.0 Å². The first-order valence-corrected chi connectivity index (χ1v) is 7.40. The number of amides is 1. The highest BCUT2D eigenvalue weighted by atomic mass is 32.1. The SMILES string of the molecule is CCCC1CCc2c(sc(NC(=O)OC)c2C#N)C1. The summed E-state index contributed by atoms with van der Waals surface area (Å²) in [6.45, 7) is 2.20. The summed E-state index contributed by atoms with van der Waals surface area (Å²) < 4.78 is 4.59. The highest BCUT2D eigenvalue weighted by Gasteiger charge is 2.26. The molecular formula is C14H18N2O2S. The van der Waals surface area contributed by atoms with Gasteiger partial charge in [0.1, 0.15) is 11.1 Å². The van der Waals surface area contributed by atoms with E-state index in [1.807, 2.05) is 0 Å². The second-order valence-electron chi connectivity index (χ2n) is 4.83. The summed E-state index contributed by atoms with van der Waals surface area (Å²) in [6, 6.07) is 2.22. The lowest BCUT2D eigenvalue weighted by atomic mass is 9.85. The number of nitrogens with zero attached hydrogens (tertiary/aromatic N) is 1. The van der Waals surface area contributed by atoms with Crippen LogP contribution in [0.15, 0.2) is 0 Å². The molecule has 1 amide bonds. The molecule has 0 saturated heterocycles. The molecular weight excluding hydrogens is 260 g/mol. The van der Waals surface area contributed by atoms with E-state index < -0.39 is 6.09 Å². The van der Waals surface area contributed by atoms with Crippen LogP contribution in [0.25, 0.3) is 0 Å². The molecule has 102 valence electrons. The molecule has 1 atom stereocenters. The fourth-order valence-corrected chi connectivity index (χ4v) is 3.96. The van der Waals surface area contributed by atoms with Crippen LogP contribution in [0.2, 0.25) is 0 Å². The molecule has 1 heterocycles. The van der Waals surface area contributed by atoms with Crippen LogP contribution in [0.5, 0.6) is 0 Å². The molecule has 0 saturated carbocycles. The summed E-state index contributed by atoms with van der Waals surface area (Å²) in [4.78, 5) is 12.6. The Kier molecular flexibility index (Phi) is 4.43. The number of nitriles is 1. The Bertz CT molecular complexity index is 516. The summed E-state index contributed by atoms with van der Waals surface area (Å²) in [5.74, 6) is 0.716. The molecule has 0 radical (unpaired) electrons. The van der Waals surface area contributed by atoms with Crippen LogP contribution >= 0.6 is 11.3 Å². The van der Waals surface area contributed by atoms with Crippen LogP contribution in [-0.2, 0) is 17.6 Å². The molecule has 1 aromatic heterocycles. The molecule has 1 N–H and O–H groups in total. The molecule has 1 aliphatic carbocycles. The first-order valence-electron chi connectivity index (χ1n) is 6.59. The minimum absolute atomic E-state index is 0.514. The Morgan fingerprint density at radius 1 is 1.63 bits per heavy atom. The molecule has 0 bridgehead atoms. The number of rotatable bonds is 3. The van der Waals surface area contributed by atoms with Crippen molar-refractivity contribution in [3.63, 3.8) is 0 Å². The van der Waals surface area contributed by atoms with E-state index in [1.165, 1.54) is 36.2 Å². The quantitative estimate of drug-likeness (QED) is 0.917. The van der Waals surface area contributed by atoms with Crippen LogP contribution in [0.4, 0.5) is 9.80 Å². The first-order chi connectivity index (χ1) is 9.19. The van der Waals surface area contributed by atoms with E-state index in [1.54, 1.807) is 0 Å². The second-order valence-corrected chi connectivity index (χ2v) is 5.94. The monoisotopic (exact) mass is 278 g/mol. The standard InChI is InChI=1S/C14H18N2O2S/c1-3-4-9-5-6-10-11(8-15)13(16-14(17)18-2)19-12(10)7-9/h9H,3-7H2,1-2H3,(H,16,17). The lowest BCUT2D eigenvalue weighted by Crippen LogP contribution is -2.13. The number of carbonyl (C=O) groups is 1. The number of carbonyl (C=O) groups excluding carboxylic acids is 1. The van der Waals surface area contributed by atoms with E-state index in [2.05, 4.69) is 23.0 Å². The topological polar surface area (TPSA) is 62.1 Å². The van der Waals surface area contributed by atoms with Gasteiger partial charge in [0.05, 0.1) is 12.7 Å². The maximum Gasteiger partial charge on any atom is 0.411 e. The van der Waals surface area contributed by atoms with Gasteiger partial charge in [-0.2, -0.15) is 5.26 Å². The maximum absolute atomic E-state index is 11.3. The predicted octanol–water partition coefficient (Wildman–Crippen LogP) is 3.70. The number of methoxy groups -OCH3 is 1. The number of hydrogen-bond donors (Lipinski definition) is 1. The highest BCUT2D eigenvalue weighted by molar-refractivity contribution is 7.16. The molecule has 0 aromatic carbocycles. The average Bonchev–Trinajstić information content (AvgIpc) is 2.75. The van der Waals surface area contributed by atoms with Gasteiger partial charge in [0.25, 0.3) is 0 Å². The van der Waals surface area contributed by atoms with E-state index in [-0.39, 0.29) is 0 Å². The smallest absolute Gasteiger partial charge is 0.411 e. The van der Waals surface area contributed by atoms with E-state index in [0.717, 1.165) is 24.8 Å². The van der Waals surface area contributed by atoms with Gasteiger partial charge < -0.3 is 4.74 Å². The van der Waals surface area contributed by atoms with Gasteiger partial charge in [0, 0.05) is 4.88 Å². The molecule has 0 spiro atoms. The molecule has 1 unspecified atom stereocenters. The lowest BCUT2D eigenvalue weighted by molar-refractivity contribution is 0.187. The Morgan fingerprint density at radius 3 is 3.05 bits per heavy atom. The van der Waals surface area contributed by atoms with Crippen molar-refractivity contribution < 1.29 is 9.53 Å². The molecule has 2 rings (SSSR count). The molecule has 19 heavy (non-hydrogen) atoms. The number of anilines is 1. The summed E-state index contributed by atoms with van der Waals surface area (Å²) in [7, 11) is 1.33. The normalized spacial score (nSPS) is 17.4. The first kappa shape index (κ1) is 13.9. The van der Waals surface area contributed by atoms with Gasteiger partial charge in [-0.3, -0.25) is 5.32 Å². The number of hydrogen-bond acceptors (Lipinski definition) is 4. The third-order valence-electron chi connectivity index (χ3n) is 3.58. The number of ether oxygens (including phenoxy) is 1. The summed E-state index contributed by atoms with van der Waals surface area (Å²) >= 11 is 1.53. The van der Waals surface area contributed by atoms with Gasteiger partial charge in [-0.1, -0.05) is 19.8 Å². The van der Waals surface area contributed by atoms with Gasteiger partial charge in [-0.15, -0.1) is 11.3 Å². The van der Waals surface area contributed by atoms with Gasteiger partial charge in [-0.25, -0.2) is 4.79 Å². The van der Waals surface area contributed by atoms with Crippen LogP contribution in [-0.4, -0.2) is 13.2 Å². The minimum Gasteiger partial charge on any atom is -0.453 e. The van der Waals surface area contributed by atoms with Gasteiger partial charge in [0.2, 0.25) is 0 Å². The zero-order valence-corrected chi connectivity index (χ0v) is 12.1. The summed E-state index contributed by atoms with van der Waals surface area (Å²) in [6.07, 6.45) is 5.04. The van der Waals surface area contributed by atoms with Crippen LogP contribution in [0.3, 0.4) is 0 Å². The Balaban J connectivity index is 2.24. The van der Waals surface area contributed by atoms with Crippen molar-refractivity contribution in [1.82, 2.24) is 0 Å². The molecule has 1 aliphatic rings. The summed E-state index contributed by atoms with van der Waals surface area (Å²) in [5.41, 5.74) is 1.76. The van der Waals surface area contributed by atoms with Gasteiger partial charge >= 0.3 is 6.09 Å². The van der Waals surface area contributed by atoms with Crippen molar-refractivity contribution >= 4 is 22.4 Å². The fraction of sp³-hybridized carbons (Fsp3) is 0.571. The summed E-state index contributed by atoms with van der Waals surface area (Å²) in [5, 5.41) is 12.6. The fourth-order valence-electron chi connectivity index (χ4n) is 2.66. The van der Waals surface area contributed by atoms with E-state index in [4.69, 9.17) is 0 Å². The molecule has 1 aromatic rings. The van der Waals surface area contributed by atoms with Crippen molar-refractivity contribution in [3.8, 4) is 6.07 Å². The van der Waals surface area contributed by atoms with Crippen LogP contribution in [0, 0.1) is 17.2 Å². The number of nitrogens with one attached hydrogen (secondary N) is 1. The molecule has 4 nitrogen and oxygen atoms in total. The van der Waals surface area contributed by atoms with E-state index in [0.29, 0.717) is 16.5 Å². The zero-order chi connectivity index (χ0) is 13.8. The zero-order valence-electron chi connectivity index (χ0n) is 11.3. The lowest BCUT2D eigenvalue weighted by Gasteiger charge is -2.21. The second kappa shape index (κ2) is 6.07. The Labute approximate surface area is 117 Å².